The molecule has 0 unspecified atom stereocenters. The van der Waals surface area contributed by atoms with Gasteiger partial charge in [-0.25, -0.2) is 4.39 Å². The molecule has 6 heteroatoms. The van der Waals surface area contributed by atoms with Gasteiger partial charge in [0.15, 0.2) is 0 Å². The fraction of sp³-hybridized carbons (Fsp3) is 0.462. The van der Waals surface area contributed by atoms with Crippen LogP contribution in [0.2, 0.25) is 0 Å². The van der Waals surface area contributed by atoms with Crippen molar-refractivity contribution >= 4 is 21.8 Å². The van der Waals surface area contributed by atoms with Crippen LogP contribution in [0.5, 0.6) is 0 Å². The van der Waals surface area contributed by atoms with Crippen molar-refractivity contribution in [2.45, 2.75) is 13.0 Å². The fourth-order valence-corrected chi connectivity index (χ4v) is 1.71. The van der Waals surface area contributed by atoms with Gasteiger partial charge in [0.25, 0.3) is 0 Å². The van der Waals surface area contributed by atoms with Crippen LogP contribution in [-0.2, 0) is 16.1 Å². The van der Waals surface area contributed by atoms with Crippen LogP contribution in [0.4, 0.5) is 4.39 Å². The molecule has 0 spiro atoms. The van der Waals surface area contributed by atoms with E-state index in [0.29, 0.717) is 37.1 Å². The Kier molecular flexibility index (Phi) is 7.62. The Morgan fingerprint density at radius 1 is 1.42 bits per heavy atom. The smallest absolute Gasteiger partial charge is 0.221 e. The van der Waals surface area contributed by atoms with Crippen molar-refractivity contribution < 1.29 is 13.9 Å². The number of halogens is 2. The summed E-state index contributed by atoms with van der Waals surface area (Å²) in [5.41, 5.74) is 0.848. The molecule has 0 fully saturated rings. The molecule has 0 atom stereocenters. The van der Waals surface area contributed by atoms with Crippen LogP contribution in [-0.4, -0.2) is 32.7 Å². The molecular formula is C13H18BrFN2O2. The molecule has 0 aliphatic heterocycles. The number of nitrogens with one attached hydrogen (secondary N) is 2. The number of methoxy groups -OCH3 is 1. The quantitative estimate of drug-likeness (QED) is 0.714. The molecule has 0 aliphatic rings. The van der Waals surface area contributed by atoms with E-state index in [1.165, 1.54) is 6.07 Å². The van der Waals surface area contributed by atoms with Gasteiger partial charge < -0.3 is 15.4 Å². The minimum atomic E-state index is -0.281. The molecule has 0 saturated carbocycles. The molecule has 0 aliphatic carbocycles. The lowest BCUT2D eigenvalue weighted by Gasteiger charge is -2.06. The zero-order chi connectivity index (χ0) is 14.1. The lowest BCUT2D eigenvalue weighted by Crippen LogP contribution is -2.29. The van der Waals surface area contributed by atoms with E-state index in [9.17, 15) is 9.18 Å². The summed E-state index contributed by atoms with van der Waals surface area (Å²) in [4.78, 5) is 11.4. The Hall–Kier alpha value is -0.980. The molecule has 106 valence electrons. The van der Waals surface area contributed by atoms with E-state index in [2.05, 4.69) is 26.6 Å². The van der Waals surface area contributed by atoms with Gasteiger partial charge in [0.2, 0.25) is 5.91 Å². The number of carbonyl (C=O) groups is 1. The highest BCUT2D eigenvalue weighted by Crippen LogP contribution is 2.16. The summed E-state index contributed by atoms with van der Waals surface area (Å²) >= 11 is 3.10. The lowest BCUT2D eigenvalue weighted by molar-refractivity contribution is -0.121. The van der Waals surface area contributed by atoms with E-state index in [1.807, 2.05) is 6.07 Å². The van der Waals surface area contributed by atoms with Crippen molar-refractivity contribution in [2.24, 2.45) is 0 Å². The maximum Gasteiger partial charge on any atom is 0.221 e. The molecule has 2 N–H and O–H groups in total. The first-order valence-electron chi connectivity index (χ1n) is 6.03. The SMILES string of the molecule is COCCNC(=O)CCNCc1ccc(Br)c(F)c1. The minimum absolute atomic E-state index is 0.0217. The molecule has 0 aromatic heterocycles. The third-order valence-corrected chi connectivity index (χ3v) is 3.11. The topological polar surface area (TPSA) is 50.4 Å². The Labute approximate surface area is 120 Å². The number of amides is 1. The van der Waals surface area contributed by atoms with Gasteiger partial charge in [0, 0.05) is 33.2 Å². The fourth-order valence-electron chi connectivity index (χ4n) is 1.47. The zero-order valence-electron chi connectivity index (χ0n) is 10.8. The second kappa shape index (κ2) is 9.01. The van der Waals surface area contributed by atoms with E-state index >= 15 is 0 Å². The Balaban J connectivity index is 2.16. The van der Waals surface area contributed by atoms with Crippen LogP contribution in [0, 0.1) is 5.82 Å². The van der Waals surface area contributed by atoms with Crippen LogP contribution in [0.15, 0.2) is 22.7 Å². The van der Waals surface area contributed by atoms with Crippen LogP contribution >= 0.6 is 15.9 Å². The second-order valence-electron chi connectivity index (χ2n) is 4.02. The monoisotopic (exact) mass is 332 g/mol. The Bertz CT molecular complexity index is 416. The highest BCUT2D eigenvalue weighted by Gasteiger charge is 2.02. The van der Waals surface area contributed by atoms with Gasteiger partial charge in [0.05, 0.1) is 11.1 Å². The lowest BCUT2D eigenvalue weighted by atomic mass is 10.2. The number of benzene rings is 1. The average molecular weight is 333 g/mol. The summed E-state index contributed by atoms with van der Waals surface area (Å²) in [7, 11) is 1.59. The molecule has 1 aromatic rings. The van der Waals surface area contributed by atoms with Crippen LogP contribution in [0.3, 0.4) is 0 Å². The molecule has 19 heavy (non-hydrogen) atoms. The average Bonchev–Trinajstić information content (AvgIpc) is 2.39. The highest BCUT2D eigenvalue weighted by atomic mass is 79.9. The summed E-state index contributed by atoms with van der Waals surface area (Å²) < 4.78 is 18.5. The largest absolute Gasteiger partial charge is 0.383 e. The third kappa shape index (κ3) is 6.66. The summed E-state index contributed by atoms with van der Waals surface area (Å²) in [6.07, 6.45) is 0.392. The standard InChI is InChI=1S/C13H18BrFN2O2/c1-19-7-6-17-13(18)4-5-16-9-10-2-3-11(14)12(15)8-10/h2-3,8,16H,4-7,9H2,1H3,(H,17,18). The van der Waals surface area contributed by atoms with E-state index in [0.717, 1.165) is 5.56 Å². The molecule has 0 radical (unpaired) electrons. The number of hydrogen-bond donors (Lipinski definition) is 2. The highest BCUT2D eigenvalue weighted by molar-refractivity contribution is 9.10. The predicted octanol–water partition coefficient (Wildman–Crippen LogP) is 1.83. The third-order valence-electron chi connectivity index (χ3n) is 2.47. The van der Waals surface area contributed by atoms with E-state index < -0.39 is 0 Å². The molecule has 1 aromatic carbocycles. The molecule has 0 saturated heterocycles. The van der Waals surface area contributed by atoms with E-state index in [1.54, 1.807) is 13.2 Å². The van der Waals surface area contributed by atoms with Crippen molar-refractivity contribution in [3.05, 3.63) is 34.1 Å². The molecule has 4 nitrogen and oxygen atoms in total. The van der Waals surface area contributed by atoms with Crippen molar-refractivity contribution in [3.63, 3.8) is 0 Å². The number of ether oxygens (including phenoxy) is 1. The molecule has 0 heterocycles. The number of hydrogen-bond acceptors (Lipinski definition) is 3. The molecular weight excluding hydrogens is 315 g/mol. The zero-order valence-corrected chi connectivity index (χ0v) is 12.4. The summed E-state index contributed by atoms with van der Waals surface area (Å²) in [6.45, 7) is 2.12. The number of rotatable bonds is 8. The maximum atomic E-state index is 13.2. The van der Waals surface area contributed by atoms with E-state index in [-0.39, 0.29) is 11.7 Å². The maximum absolute atomic E-state index is 13.2. The van der Waals surface area contributed by atoms with Crippen molar-refractivity contribution in [1.29, 1.82) is 0 Å². The van der Waals surface area contributed by atoms with Gasteiger partial charge in [-0.1, -0.05) is 6.07 Å². The molecule has 1 amide bonds. The summed E-state index contributed by atoms with van der Waals surface area (Å²) in [6, 6.07) is 4.97. The van der Waals surface area contributed by atoms with Gasteiger partial charge in [-0.15, -0.1) is 0 Å². The van der Waals surface area contributed by atoms with Gasteiger partial charge in [-0.05, 0) is 33.6 Å². The van der Waals surface area contributed by atoms with E-state index in [4.69, 9.17) is 4.74 Å². The first-order chi connectivity index (χ1) is 9.13. The van der Waals surface area contributed by atoms with Crippen molar-refractivity contribution in [1.82, 2.24) is 10.6 Å². The minimum Gasteiger partial charge on any atom is -0.383 e. The molecule has 0 bridgehead atoms. The van der Waals surface area contributed by atoms with Gasteiger partial charge in [-0.3, -0.25) is 4.79 Å². The van der Waals surface area contributed by atoms with Gasteiger partial charge in [-0.2, -0.15) is 0 Å². The first-order valence-corrected chi connectivity index (χ1v) is 6.83. The van der Waals surface area contributed by atoms with Gasteiger partial charge in [0.1, 0.15) is 5.82 Å². The number of carbonyl (C=O) groups excluding carboxylic acids is 1. The van der Waals surface area contributed by atoms with Gasteiger partial charge >= 0.3 is 0 Å². The molecule has 1 rings (SSSR count). The summed E-state index contributed by atoms with van der Waals surface area (Å²) in [5, 5.41) is 5.82. The van der Waals surface area contributed by atoms with Crippen molar-refractivity contribution in [3.8, 4) is 0 Å². The van der Waals surface area contributed by atoms with Crippen molar-refractivity contribution in [2.75, 3.05) is 26.8 Å². The summed E-state index contributed by atoms with van der Waals surface area (Å²) in [5.74, 6) is -0.303. The van der Waals surface area contributed by atoms with Crippen LogP contribution < -0.4 is 10.6 Å². The Morgan fingerprint density at radius 3 is 2.89 bits per heavy atom. The van der Waals surface area contributed by atoms with Crippen LogP contribution in [0.1, 0.15) is 12.0 Å². The Morgan fingerprint density at radius 2 is 2.21 bits per heavy atom. The normalized spacial score (nSPS) is 10.5. The van der Waals surface area contributed by atoms with Crippen LogP contribution in [0.25, 0.3) is 0 Å². The first kappa shape index (κ1) is 16.1. The second-order valence-corrected chi connectivity index (χ2v) is 4.87. The predicted molar refractivity (Wildman–Crippen MR) is 75.3 cm³/mol.